The summed E-state index contributed by atoms with van der Waals surface area (Å²) in [6.45, 7) is 6.34. The Balaban J connectivity index is 2.27. The Kier molecular flexibility index (Phi) is 2.74. The van der Waals surface area contributed by atoms with Crippen molar-refractivity contribution in [1.82, 2.24) is 9.55 Å². The van der Waals surface area contributed by atoms with Crippen LogP contribution in [0, 0.1) is 6.92 Å². The third-order valence-electron chi connectivity index (χ3n) is 3.49. The molecule has 0 bridgehead atoms. The Morgan fingerprint density at radius 3 is 2.81 bits per heavy atom. The first kappa shape index (κ1) is 11.2. The first-order chi connectivity index (χ1) is 7.58. The molecule has 1 aromatic heterocycles. The first-order valence-corrected chi connectivity index (χ1v) is 5.80. The molecule has 0 N–H and O–H groups in total. The monoisotopic (exact) mass is 222 g/mol. The molecule has 2 rings (SSSR count). The Hall–Kier alpha value is -1.32. The summed E-state index contributed by atoms with van der Waals surface area (Å²) in [5, 5.41) is 0. The molecule has 0 spiro atoms. The number of aromatic nitrogens is 2. The number of imidazole rings is 1. The molecule has 0 amide bonds. The van der Waals surface area contributed by atoms with Gasteiger partial charge in [-0.2, -0.15) is 0 Å². The van der Waals surface area contributed by atoms with Gasteiger partial charge in [-0.25, -0.2) is 9.78 Å². The van der Waals surface area contributed by atoms with Gasteiger partial charge >= 0.3 is 5.97 Å². The molecule has 0 radical (unpaired) electrons. The fourth-order valence-electron chi connectivity index (χ4n) is 2.28. The quantitative estimate of drug-likeness (QED) is 0.737. The van der Waals surface area contributed by atoms with E-state index in [2.05, 4.69) is 16.5 Å². The van der Waals surface area contributed by atoms with Crippen LogP contribution in [0.2, 0.25) is 0 Å². The molecule has 16 heavy (non-hydrogen) atoms. The second-order valence-corrected chi connectivity index (χ2v) is 4.62. The van der Waals surface area contributed by atoms with Crippen molar-refractivity contribution in [3.63, 3.8) is 0 Å². The number of ether oxygens (including phenoxy) is 1. The molecule has 0 aromatic carbocycles. The van der Waals surface area contributed by atoms with Crippen molar-refractivity contribution in [2.45, 2.75) is 45.6 Å². The number of esters is 1. The fraction of sp³-hybridized carbons (Fsp3) is 0.667. The standard InChI is InChI=1S/C12H18N2O2/c1-4-16-11(15)10-9(2)14(8-13-10)12(3)6-5-7-12/h8H,4-7H2,1-3H3. The van der Waals surface area contributed by atoms with Crippen molar-refractivity contribution in [2.75, 3.05) is 6.61 Å². The van der Waals surface area contributed by atoms with Gasteiger partial charge in [0.2, 0.25) is 0 Å². The third-order valence-corrected chi connectivity index (χ3v) is 3.49. The molecule has 1 aliphatic rings. The highest BCUT2D eigenvalue weighted by Crippen LogP contribution is 2.39. The van der Waals surface area contributed by atoms with Gasteiger partial charge in [0.05, 0.1) is 12.9 Å². The van der Waals surface area contributed by atoms with Crippen molar-refractivity contribution in [3.8, 4) is 0 Å². The van der Waals surface area contributed by atoms with Gasteiger partial charge in [0.15, 0.2) is 5.69 Å². The number of hydrogen-bond donors (Lipinski definition) is 0. The molecular formula is C12H18N2O2. The zero-order valence-electron chi connectivity index (χ0n) is 10.1. The zero-order chi connectivity index (χ0) is 11.8. The molecule has 4 nitrogen and oxygen atoms in total. The summed E-state index contributed by atoms with van der Waals surface area (Å²) < 4.78 is 7.09. The Morgan fingerprint density at radius 1 is 1.62 bits per heavy atom. The maximum Gasteiger partial charge on any atom is 0.358 e. The minimum atomic E-state index is -0.318. The number of rotatable bonds is 3. The van der Waals surface area contributed by atoms with Crippen molar-refractivity contribution < 1.29 is 9.53 Å². The van der Waals surface area contributed by atoms with E-state index in [9.17, 15) is 4.79 Å². The molecule has 1 aliphatic carbocycles. The lowest BCUT2D eigenvalue weighted by atomic mass is 9.78. The predicted molar refractivity (Wildman–Crippen MR) is 60.4 cm³/mol. The molecule has 88 valence electrons. The largest absolute Gasteiger partial charge is 0.461 e. The lowest BCUT2D eigenvalue weighted by Gasteiger charge is -2.40. The van der Waals surface area contributed by atoms with Gasteiger partial charge in [0.1, 0.15) is 0 Å². The topological polar surface area (TPSA) is 44.1 Å². The van der Waals surface area contributed by atoms with Crippen LogP contribution in [-0.4, -0.2) is 22.1 Å². The Morgan fingerprint density at radius 2 is 2.31 bits per heavy atom. The van der Waals surface area contributed by atoms with Gasteiger partial charge in [-0.05, 0) is 40.0 Å². The summed E-state index contributed by atoms with van der Waals surface area (Å²) in [5.41, 5.74) is 1.53. The second kappa shape index (κ2) is 3.92. The number of hydrogen-bond acceptors (Lipinski definition) is 3. The summed E-state index contributed by atoms with van der Waals surface area (Å²) in [6.07, 6.45) is 5.34. The van der Waals surface area contributed by atoms with Gasteiger partial charge in [0, 0.05) is 11.2 Å². The lowest BCUT2D eigenvalue weighted by molar-refractivity contribution is 0.0518. The van der Waals surface area contributed by atoms with Crippen molar-refractivity contribution in [3.05, 3.63) is 17.7 Å². The normalized spacial score (nSPS) is 17.9. The predicted octanol–water partition coefficient (Wildman–Crippen LogP) is 2.27. The molecule has 1 fully saturated rings. The highest BCUT2D eigenvalue weighted by Gasteiger charge is 2.35. The highest BCUT2D eigenvalue weighted by atomic mass is 16.5. The van der Waals surface area contributed by atoms with Gasteiger partial charge in [-0.3, -0.25) is 0 Å². The molecule has 4 heteroatoms. The van der Waals surface area contributed by atoms with E-state index >= 15 is 0 Å². The molecule has 0 atom stereocenters. The van der Waals surface area contributed by atoms with E-state index in [1.165, 1.54) is 6.42 Å². The van der Waals surface area contributed by atoms with Crippen LogP contribution >= 0.6 is 0 Å². The van der Waals surface area contributed by atoms with Gasteiger partial charge < -0.3 is 9.30 Å². The molecule has 0 aliphatic heterocycles. The van der Waals surface area contributed by atoms with Crippen LogP contribution in [-0.2, 0) is 10.3 Å². The highest BCUT2D eigenvalue weighted by molar-refractivity contribution is 5.88. The van der Waals surface area contributed by atoms with Gasteiger partial charge in [0.25, 0.3) is 0 Å². The zero-order valence-corrected chi connectivity index (χ0v) is 10.1. The molecule has 1 aromatic rings. The summed E-state index contributed by atoms with van der Waals surface area (Å²) in [7, 11) is 0. The summed E-state index contributed by atoms with van der Waals surface area (Å²) in [4.78, 5) is 15.8. The van der Waals surface area contributed by atoms with Crippen LogP contribution in [0.3, 0.4) is 0 Å². The van der Waals surface area contributed by atoms with Gasteiger partial charge in [-0.1, -0.05) is 0 Å². The van der Waals surface area contributed by atoms with Crippen molar-refractivity contribution in [2.24, 2.45) is 0 Å². The summed E-state index contributed by atoms with van der Waals surface area (Å²) >= 11 is 0. The van der Waals surface area contributed by atoms with Crippen LogP contribution in [0.15, 0.2) is 6.33 Å². The van der Waals surface area contributed by atoms with E-state index in [4.69, 9.17) is 4.74 Å². The molecular weight excluding hydrogens is 204 g/mol. The van der Waals surface area contributed by atoms with E-state index in [0.717, 1.165) is 18.5 Å². The van der Waals surface area contributed by atoms with E-state index in [-0.39, 0.29) is 11.5 Å². The number of carbonyl (C=O) groups excluding carboxylic acids is 1. The molecule has 0 saturated heterocycles. The lowest BCUT2D eigenvalue weighted by Crippen LogP contribution is -2.37. The van der Waals surface area contributed by atoms with E-state index in [0.29, 0.717) is 12.3 Å². The van der Waals surface area contributed by atoms with E-state index < -0.39 is 0 Å². The number of nitrogens with zero attached hydrogens (tertiary/aromatic N) is 2. The van der Waals surface area contributed by atoms with Crippen LogP contribution in [0.4, 0.5) is 0 Å². The maximum atomic E-state index is 11.6. The van der Waals surface area contributed by atoms with Crippen molar-refractivity contribution in [1.29, 1.82) is 0 Å². The molecule has 1 saturated carbocycles. The average molecular weight is 222 g/mol. The van der Waals surface area contributed by atoms with Crippen LogP contribution in [0.1, 0.15) is 49.3 Å². The summed E-state index contributed by atoms with van der Waals surface area (Å²) in [5.74, 6) is -0.318. The first-order valence-electron chi connectivity index (χ1n) is 5.80. The van der Waals surface area contributed by atoms with E-state index in [1.807, 2.05) is 6.92 Å². The average Bonchev–Trinajstić information content (AvgIpc) is 2.57. The Labute approximate surface area is 95.6 Å². The Bertz CT molecular complexity index is 405. The van der Waals surface area contributed by atoms with Crippen molar-refractivity contribution >= 4 is 5.97 Å². The maximum absolute atomic E-state index is 11.6. The van der Waals surface area contributed by atoms with Crippen LogP contribution in [0.5, 0.6) is 0 Å². The SMILES string of the molecule is CCOC(=O)c1ncn(C2(C)CCC2)c1C. The molecule has 1 heterocycles. The van der Waals surface area contributed by atoms with Crippen LogP contribution in [0.25, 0.3) is 0 Å². The summed E-state index contributed by atoms with van der Waals surface area (Å²) in [6, 6.07) is 0. The van der Waals surface area contributed by atoms with Crippen LogP contribution < -0.4 is 0 Å². The van der Waals surface area contributed by atoms with E-state index in [1.54, 1.807) is 13.3 Å². The minimum absolute atomic E-state index is 0.155. The second-order valence-electron chi connectivity index (χ2n) is 4.62. The third kappa shape index (κ3) is 1.62. The number of carbonyl (C=O) groups is 1. The fourth-order valence-corrected chi connectivity index (χ4v) is 2.28. The molecule has 0 unspecified atom stereocenters. The smallest absolute Gasteiger partial charge is 0.358 e. The minimum Gasteiger partial charge on any atom is -0.461 e. The van der Waals surface area contributed by atoms with Gasteiger partial charge in [-0.15, -0.1) is 0 Å².